The van der Waals surface area contributed by atoms with Gasteiger partial charge in [-0.1, -0.05) is 154 Å². The van der Waals surface area contributed by atoms with E-state index < -0.39 is 0 Å². The van der Waals surface area contributed by atoms with E-state index in [1.165, 1.54) is 43.8 Å². The zero-order valence-corrected chi connectivity index (χ0v) is 31.1. The van der Waals surface area contributed by atoms with Crippen molar-refractivity contribution in [1.29, 1.82) is 0 Å². The molecule has 1 aliphatic carbocycles. The molecule has 0 bridgehead atoms. The first-order chi connectivity index (χ1) is 26.9. The molecule has 0 aromatic heterocycles. The van der Waals surface area contributed by atoms with Crippen LogP contribution in [0.3, 0.4) is 0 Å². The summed E-state index contributed by atoms with van der Waals surface area (Å²) in [6, 6.07) is 63.5. The molecule has 262 valence electrons. The second-order valence-electron chi connectivity index (χ2n) is 15.2. The topological polar surface area (TPSA) is 15.3 Å². The van der Waals surface area contributed by atoms with Gasteiger partial charge in [-0.3, -0.25) is 0 Å². The highest BCUT2D eigenvalue weighted by Gasteiger charge is 2.38. The molecule has 0 atom stereocenters. The Kier molecular flexibility index (Phi) is 7.67. The van der Waals surface area contributed by atoms with Crippen LogP contribution in [0.4, 0.5) is 22.7 Å². The fraction of sp³-hybridized carbons (Fsp3) is 0.0566. The highest BCUT2D eigenvalue weighted by Crippen LogP contribution is 2.54. The van der Waals surface area contributed by atoms with E-state index in [-0.39, 0.29) is 5.41 Å². The van der Waals surface area contributed by atoms with Crippen molar-refractivity contribution in [2.24, 2.45) is 0 Å². The van der Waals surface area contributed by atoms with Crippen LogP contribution in [0, 0.1) is 0 Å². The van der Waals surface area contributed by atoms with Crippen molar-refractivity contribution in [3.63, 3.8) is 0 Å². The molecule has 2 nitrogen and oxygen atoms in total. The smallest absolute Gasteiger partial charge is 0.0534 e. The first kappa shape index (κ1) is 32.7. The molecule has 8 aromatic carbocycles. The summed E-state index contributed by atoms with van der Waals surface area (Å²) in [5.41, 5.74) is 16.1. The molecule has 0 saturated carbocycles. The maximum absolute atomic E-state index is 4.90. The van der Waals surface area contributed by atoms with Crippen LogP contribution in [-0.2, 0) is 5.41 Å². The van der Waals surface area contributed by atoms with Crippen LogP contribution in [0.5, 0.6) is 0 Å². The number of anilines is 4. The second kappa shape index (κ2) is 12.9. The zero-order valence-electron chi connectivity index (χ0n) is 31.1. The summed E-state index contributed by atoms with van der Waals surface area (Å²) in [4.78, 5) is 2.34. The highest BCUT2D eigenvalue weighted by molar-refractivity contribution is 6.13. The summed E-state index contributed by atoms with van der Waals surface area (Å²) < 4.78 is 0. The lowest BCUT2D eigenvalue weighted by Crippen LogP contribution is -2.18. The molecule has 0 amide bonds. The zero-order chi connectivity index (χ0) is 37.1. The molecule has 0 unspecified atom stereocenters. The molecule has 2 heteroatoms. The molecule has 0 saturated heterocycles. The molecule has 0 spiro atoms. The van der Waals surface area contributed by atoms with E-state index in [1.54, 1.807) is 0 Å². The molecule has 1 aliphatic heterocycles. The number of allylic oxidation sites excluding steroid dienone is 4. The Morgan fingerprint density at radius 3 is 2.05 bits per heavy atom. The number of rotatable bonds is 5. The second-order valence-corrected chi connectivity index (χ2v) is 15.2. The SMILES string of the molecule is C=C1C2=C(/C=C\N(c3ccc4ccccc4c3)c3ccc(-c4ccc(Nc5cccc6ccccc56)c(-c5ccccc5)c4)cc31)C(C)(C)c1ccccc12. The molecule has 0 radical (unpaired) electrons. The minimum absolute atomic E-state index is 0.174. The molecule has 55 heavy (non-hydrogen) atoms. The maximum atomic E-state index is 4.90. The maximum Gasteiger partial charge on any atom is 0.0534 e. The van der Waals surface area contributed by atoms with Gasteiger partial charge in [-0.05, 0) is 109 Å². The average Bonchev–Trinajstić information content (AvgIpc) is 3.45. The van der Waals surface area contributed by atoms with Gasteiger partial charge in [0.1, 0.15) is 0 Å². The minimum atomic E-state index is -0.174. The molecular weight excluding hydrogens is 665 g/mol. The van der Waals surface area contributed by atoms with E-state index in [0.717, 1.165) is 56.1 Å². The van der Waals surface area contributed by atoms with Gasteiger partial charge < -0.3 is 10.2 Å². The molecular formula is C53H40N2. The third kappa shape index (κ3) is 5.49. The highest BCUT2D eigenvalue weighted by atomic mass is 15.1. The van der Waals surface area contributed by atoms with Crippen molar-refractivity contribution in [2.75, 3.05) is 10.2 Å². The number of nitrogens with one attached hydrogen (secondary N) is 1. The van der Waals surface area contributed by atoms with Crippen molar-refractivity contribution in [1.82, 2.24) is 0 Å². The molecule has 0 fully saturated rings. The molecule has 8 aromatic rings. The number of nitrogens with zero attached hydrogens (tertiary/aromatic N) is 1. The van der Waals surface area contributed by atoms with Crippen LogP contribution >= 0.6 is 0 Å². The van der Waals surface area contributed by atoms with E-state index >= 15 is 0 Å². The van der Waals surface area contributed by atoms with Gasteiger partial charge in [0.15, 0.2) is 0 Å². The minimum Gasteiger partial charge on any atom is -0.355 e. The summed E-state index contributed by atoms with van der Waals surface area (Å²) in [5, 5.41) is 8.66. The largest absolute Gasteiger partial charge is 0.355 e. The lowest BCUT2D eigenvalue weighted by atomic mass is 9.80. The van der Waals surface area contributed by atoms with Gasteiger partial charge in [-0.15, -0.1) is 0 Å². The third-order valence-corrected chi connectivity index (χ3v) is 11.6. The lowest BCUT2D eigenvalue weighted by Gasteiger charge is -2.30. The number of fused-ring (bicyclic) bond motifs is 5. The van der Waals surface area contributed by atoms with Crippen molar-refractivity contribution in [3.8, 4) is 22.3 Å². The molecule has 1 heterocycles. The standard InChI is InChI=1S/C53H40N2/c1-35-45-33-41(40-25-28-50(46(34-40)38-15-5-4-6-16-38)54-49-23-13-19-37-17-9-10-20-43(37)49)26-29-51(45)55(42-27-24-36-14-7-8-18-39(36)32-42)31-30-48-52(35)44-21-11-12-22-47(44)53(48,2)3/h4-34,54H,1H2,2-3H3/b31-30-. The summed E-state index contributed by atoms with van der Waals surface area (Å²) in [5.74, 6) is 0. The van der Waals surface area contributed by atoms with Gasteiger partial charge in [0.2, 0.25) is 0 Å². The predicted octanol–water partition coefficient (Wildman–Crippen LogP) is 14.5. The van der Waals surface area contributed by atoms with Gasteiger partial charge in [-0.2, -0.15) is 0 Å². The molecule has 1 N–H and O–H groups in total. The predicted molar refractivity (Wildman–Crippen MR) is 235 cm³/mol. The number of hydrogen-bond acceptors (Lipinski definition) is 2. The first-order valence-corrected chi connectivity index (χ1v) is 19.0. The fourth-order valence-corrected chi connectivity index (χ4v) is 8.72. The van der Waals surface area contributed by atoms with Crippen LogP contribution in [0.15, 0.2) is 200 Å². The first-order valence-electron chi connectivity index (χ1n) is 19.0. The van der Waals surface area contributed by atoms with Crippen molar-refractivity contribution >= 4 is 55.4 Å². The Labute approximate surface area is 323 Å². The quantitative estimate of drug-likeness (QED) is 0.192. The van der Waals surface area contributed by atoms with Gasteiger partial charge >= 0.3 is 0 Å². The summed E-state index contributed by atoms with van der Waals surface area (Å²) in [7, 11) is 0. The van der Waals surface area contributed by atoms with E-state index in [9.17, 15) is 0 Å². The summed E-state index contributed by atoms with van der Waals surface area (Å²) >= 11 is 0. The number of hydrogen-bond donors (Lipinski definition) is 1. The number of benzene rings is 8. The Balaban J connectivity index is 1.14. The summed E-state index contributed by atoms with van der Waals surface area (Å²) in [6.07, 6.45) is 4.58. The van der Waals surface area contributed by atoms with Crippen LogP contribution in [0.25, 0.3) is 54.9 Å². The fourth-order valence-electron chi connectivity index (χ4n) is 8.72. The van der Waals surface area contributed by atoms with Crippen molar-refractivity contribution in [3.05, 3.63) is 217 Å². The van der Waals surface area contributed by atoms with Crippen LogP contribution in [0.2, 0.25) is 0 Å². The van der Waals surface area contributed by atoms with Gasteiger partial charge in [-0.25, -0.2) is 0 Å². The van der Waals surface area contributed by atoms with Gasteiger partial charge in [0.05, 0.1) is 5.69 Å². The third-order valence-electron chi connectivity index (χ3n) is 11.6. The Bertz CT molecular complexity index is 2890. The van der Waals surface area contributed by atoms with Gasteiger partial charge in [0, 0.05) is 45.2 Å². The van der Waals surface area contributed by atoms with E-state index in [2.05, 4.69) is 212 Å². The summed E-state index contributed by atoms with van der Waals surface area (Å²) in [6.45, 7) is 9.57. The Hall–Kier alpha value is -6.90. The average molecular weight is 705 g/mol. The lowest BCUT2D eigenvalue weighted by molar-refractivity contribution is 0.654. The van der Waals surface area contributed by atoms with E-state index in [1.807, 2.05) is 0 Å². The van der Waals surface area contributed by atoms with Crippen molar-refractivity contribution in [2.45, 2.75) is 19.3 Å². The molecule has 2 aliphatic rings. The van der Waals surface area contributed by atoms with Crippen LogP contribution in [-0.4, -0.2) is 0 Å². The van der Waals surface area contributed by atoms with Crippen molar-refractivity contribution < 1.29 is 0 Å². The van der Waals surface area contributed by atoms with Crippen LogP contribution < -0.4 is 10.2 Å². The Morgan fingerprint density at radius 1 is 0.509 bits per heavy atom. The van der Waals surface area contributed by atoms with E-state index in [0.29, 0.717) is 0 Å². The normalized spacial score (nSPS) is 14.9. The van der Waals surface area contributed by atoms with Gasteiger partial charge in [0.25, 0.3) is 0 Å². The monoisotopic (exact) mass is 704 g/mol. The molecule has 10 rings (SSSR count). The Morgan fingerprint density at radius 2 is 1.20 bits per heavy atom. The van der Waals surface area contributed by atoms with Crippen LogP contribution in [0.1, 0.15) is 30.5 Å². The van der Waals surface area contributed by atoms with E-state index in [4.69, 9.17) is 6.58 Å².